The average Bonchev–Trinajstić information content (AvgIpc) is 2.43. The maximum Gasteiger partial charge on any atom is 0.224 e. The van der Waals surface area contributed by atoms with E-state index in [1.807, 2.05) is 7.05 Å². The number of aromatic nitrogens is 2. The maximum atomic E-state index is 4.62. The van der Waals surface area contributed by atoms with Crippen molar-refractivity contribution in [3.63, 3.8) is 0 Å². The lowest BCUT2D eigenvalue weighted by Crippen LogP contribution is -2.30. The van der Waals surface area contributed by atoms with Crippen LogP contribution < -0.4 is 15.5 Å². The average molecular weight is 249 g/mol. The minimum absolute atomic E-state index is 0.731. The molecule has 18 heavy (non-hydrogen) atoms. The standard InChI is InChI=1S/C13H23N5/c1-4-5-8-18(3)12-10-9-15-7-6-11(10)16-13(14-2)17-12/h15H,4-9H2,1-3H3,(H,14,16,17). The van der Waals surface area contributed by atoms with Gasteiger partial charge < -0.3 is 15.5 Å². The lowest BCUT2D eigenvalue weighted by atomic mass is 10.1. The summed E-state index contributed by atoms with van der Waals surface area (Å²) in [4.78, 5) is 11.4. The van der Waals surface area contributed by atoms with Crippen LogP contribution in [-0.4, -0.2) is 37.2 Å². The highest BCUT2D eigenvalue weighted by Gasteiger charge is 2.19. The van der Waals surface area contributed by atoms with Crippen LogP contribution >= 0.6 is 0 Å². The molecule has 0 aliphatic carbocycles. The fourth-order valence-electron chi connectivity index (χ4n) is 2.25. The lowest BCUT2D eigenvalue weighted by Gasteiger charge is -2.25. The second-order valence-electron chi connectivity index (χ2n) is 4.75. The second-order valence-corrected chi connectivity index (χ2v) is 4.75. The Labute approximate surface area is 109 Å². The molecule has 0 spiro atoms. The summed E-state index contributed by atoms with van der Waals surface area (Å²) >= 11 is 0. The third kappa shape index (κ3) is 2.72. The van der Waals surface area contributed by atoms with Crippen molar-refractivity contribution in [3.8, 4) is 0 Å². The first-order valence-electron chi connectivity index (χ1n) is 6.75. The fraction of sp³-hybridized carbons (Fsp3) is 0.692. The SMILES string of the molecule is CCCCN(C)c1nc(NC)nc2c1CNCC2. The predicted octanol–water partition coefficient (Wildman–Crippen LogP) is 1.40. The largest absolute Gasteiger partial charge is 0.359 e. The topological polar surface area (TPSA) is 53.1 Å². The Kier molecular flexibility index (Phi) is 4.36. The molecule has 2 heterocycles. The smallest absolute Gasteiger partial charge is 0.224 e. The molecule has 0 amide bonds. The zero-order valence-electron chi connectivity index (χ0n) is 11.6. The molecular weight excluding hydrogens is 226 g/mol. The molecule has 2 N–H and O–H groups in total. The Balaban J connectivity index is 2.31. The minimum atomic E-state index is 0.731. The van der Waals surface area contributed by atoms with Crippen molar-refractivity contribution in [2.45, 2.75) is 32.7 Å². The van der Waals surface area contributed by atoms with Gasteiger partial charge in [-0.25, -0.2) is 4.98 Å². The summed E-state index contributed by atoms with van der Waals surface area (Å²) in [6.45, 7) is 5.14. The van der Waals surface area contributed by atoms with Gasteiger partial charge in [0, 0.05) is 45.7 Å². The normalized spacial score (nSPS) is 14.2. The second kappa shape index (κ2) is 6.00. The molecule has 1 aromatic rings. The molecule has 0 fully saturated rings. The number of nitrogens with one attached hydrogen (secondary N) is 2. The molecule has 100 valence electrons. The third-order valence-electron chi connectivity index (χ3n) is 3.34. The molecule has 0 atom stereocenters. The molecule has 1 aliphatic rings. The number of nitrogens with zero attached hydrogens (tertiary/aromatic N) is 3. The van der Waals surface area contributed by atoms with E-state index < -0.39 is 0 Å². The summed E-state index contributed by atoms with van der Waals surface area (Å²) in [7, 11) is 3.99. The van der Waals surface area contributed by atoms with Crippen LogP contribution in [0.1, 0.15) is 31.0 Å². The highest BCUT2D eigenvalue weighted by atomic mass is 15.2. The zero-order valence-corrected chi connectivity index (χ0v) is 11.6. The van der Waals surface area contributed by atoms with Gasteiger partial charge in [0.2, 0.25) is 5.95 Å². The Bertz CT molecular complexity index is 405. The first-order valence-corrected chi connectivity index (χ1v) is 6.75. The van der Waals surface area contributed by atoms with Crippen LogP contribution in [0, 0.1) is 0 Å². The molecule has 0 bridgehead atoms. The number of rotatable bonds is 5. The molecule has 0 unspecified atom stereocenters. The van der Waals surface area contributed by atoms with Gasteiger partial charge in [-0.15, -0.1) is 0 Å². The third-order valence-corrected chi connectivity index (χ3v) is 3.34. The number of hydrogen-bond acceptors (Lipinski definition) is 5. The quantitative estimate of drug-likeness (QED) is 0.826. The van der Waals surface area contributed by atoms with E-state index in [1.54, 1.807) is 0 Å². The van der Waals surface area contributed by atoms with Gasteiger partial charge in [0.05, 0.1) is 5.69 Å². The van der Waals surface area contributed by atoms with E-state index in [9.17, 15) is 0 Å². The van der Waals surface area contributed by atoms with Gasteiger partial charge in [0.25, 0.3) is 0 Å². The monoisotopic (exact) mass is 249 g/mol. The summed E-state index contributed by atoms with van der Waals surface area (Å²) in [5.41, 5.74) is 2.45. The van der Waals surface area contributed by atoms with Gasteiger partial charge in [0.1, 0.15) is 5.82 Å². The molecule has 1 aliphatic heterocycles. The zero-order chi connectivity index (χ0) is 13.0. The van der Waals surface area contributed by atoms with Gasteiger partial charge in [-0.1, -0.05) is 13.3 Å². The van der Waals surface area contributed by atoms with Crippen LogP contribution in [0.15, 0.2) is 0 Å². The highest BCUT2D eigenvalue weighted by Crippen LogP contribution is 2.24. The number of anilines is 2. The van der Waals surface area contributed by atoms with Crippen molar-refractivity contribution in [2.24, 2.45) is 0 Å². The molecule has 0 radical (unpaired) electrons. The van der Waals surface area contributed by atoms with Crippen LogP contribution in [0.4, 0.5) is 11.8 Å². The van der Waals surface area contributed by atoms with Crippen LogP contribution in [0.5, 0.6) is 0 Å². The summed E-state index contributed by atoms with van der Waals surface area (Å²) in [5, 5.41) is 6.46. The predicted molar refractivity (Wildman–Crippen MR) is 75.2 cm³/mol. The molecule has 0 aromatic carbocycles. The van der Waals surface area contributed by atoms with Crippen LogP contribution in [-0.2, 0) is 13.0 Å². The van der Waals surface area contributed by atoms with Crippen LogP contribution in [0.3, 0.4) is 0 Å². The van der Waals surface area contributed by atoms with Crippen molar-refractivity contribution in [3.05, 3.63) is 11.3 Å². The van der Waals surface area contributed by atoms with Gasteiger partial charge in [-0.3, -0.25) is 0 Å². The number of fused-ring (bicyclic) bond motifs is 1. The Morgan fingerprint density at radius 3 is 2.94 bits per heavy atom. The lowest BCUT2D eigenvalue weighted by molar-refractivity contribution is 0.622. The summed E-state index contributed by atoms with van der Waals surface area (Å²) in [5.74, 6) is 1.80. The van der Waals surface area contributed by atoms with Crippen molar-refractivity contribution in [2.75, 3.05) is 37.4 Å². The van der Waals surface area contributed by atoms with E-state index in [0.717, 1.165) is 37.8 Å². The first-order chi connectivity index (χ1) is 8.76. The summed E-state index contributed by atoms with van der Waals surface area (Å²) < 4.78 is 0. The van der Waals surface area contributed by atoms with Crippen molar-refractivity contribution in [1.82, 2.24) is 15.3 Å². The first kappa shape index (κ1) is 13.1. The van der Waals surface area contributed by atoms with Crippen molar-refractivity contribution in [1.29, 1.82) is 0 Å². The van der Waals surface area contributed by atoms with Crippen LogP contribution in [0.2, 0.25) is 0 Å². The molecule has 0 saturated heterocycles. The van der Waals surface area contributed by atoms with Gasteiger partial charge in [-0.2, -0.15) is 4.98 Å². The van der Waals surface area contributed by atoms with Gasteiger partial charge in [-0.05, 0) is 6.42 Å². The molecule has 2 rings (SSSR count). The Morgan fingerprint density at radius 2 is 2.22 bits per heavy atom. The van der Waals surface area contributed by atoms with E-state index in [4.69, 9.17) is 0 Å². The molecule has 5 heteroatoms. The van der Waals surface area contributed by atoms with Gasteiger partial charge >= 0.3 is 0 Å². The molecule has 5 nitrogen and oxygen atoms in total. The van der Waals surface area contributed by atoms with E-state index in [2.05, 4.69) is 39.5 Å². The number of hydrogen-bond donors (Lipinski definition) is 2. The summed E-state index contributed by atoms with van der Waals surface area (Å²) in [6, 6.07) is 0. The summed E-state index contributed by atoms with van der Waals surface area (Å²) in [6.07, 6.45) is 3.38. The van der Waals surface area contributed by atoms with E-state index in [1.165, 1.54) is 24.1 Å². The minimum Gasteiger partial charge on any atom is -0.359 e. The van der Waals surface area contributed by atoms with Crippen molar-refractivity contribution >= 4 is 11.8 Å². The van der Waals surface area contributed by atoms with Crippen molar-refractivity contribution < 1.29 is 0 Å². The Morgan fingerprint density at radius 1 is 1.39 bits per heavy atom. The van der Waals surface area contributed by atoms with E-state index in [0.29, 0.717) is 0 Å². The Hall–Kier alpha value is -1.36. The van der Waals surface area contributed by atoms with E-state index >= 15 is 0 Å². The number of unbranched alkanes of at least 4 members (excludes halogenated alkanes) is 1. The highest BCUT2D eigenvalue weighted by molar-refractivity contribution is 5.53. The van der Waals surface area contributed by atoms with Crippen LogP contribution in [0.25, 0.3) is 0 Å². The maximum absolute atomic E-state index is 4.62. The molecular formula is C13H23N5. The molecule has 0 saturated carbocycles. The fourth-order valence-corrected chi connectivity index (χ4v) is 2.25. The molecule has 1 aromatic heterocycles. The van der Waals surface area contributed by atoms with E-state index in [-0.39, 0.29) is 0 Å². The van der Waals surface area contributed by atoms with Gasteiger partial charge in [0.15, 0.2) is 0 Å².